The van der Waals surface area contributed by atoms with Crippen LogP contribution in [0.2, 0.25) is 0 Å². The molecule has 9 aromatic carbocycles. The molecule has 0 radical (unpaired) electrons. The van der Waals surface area contributed by atoms with E-state index < -0.39 is 5.41 Å². The summed E-state index contributed by atoms with van der Waals surface area (Å²) in [5.41, 5.74) is 25.9. The Morgan fingerprint density at radius 3 is 0.940 bits per heavy atom. The SMILES string of the molecule is Cc1ccc(N2c3ccccc3C(c3ccc(N(c4ccc(C)c(C)c4)c4ccc(C)c(C)c4)cc3)(c3ccc(N(c4ccc(C)c(C)c4)c4ccc(C)c(C)c4)cc3)c3ccccc32)cc1. The monoisotopic (exact) mass is 869 g/mol. The van der Waals surface area contributed by atoms with Crippen LogP contribution < -0.4 is 14.7 Å². The van der Waals surface area contributed by atoms with Gasteiger partial charge < -0.3 is 14.7 Å². The highest BCUT2D eigenvalue weighted by molar-refractivity contribution is 5.90. The van der Waals surface area contributed by atoms with E-state index in [1.807, 2.05) is 0 Å². The summed E-state index contributed by atoms with van der Waals surface area (Å²) in [4.78, 5) is 7.26. The van der Waals surface area contributed by atoms with Crippen molar-refractivity contribution < 1.29 is 0 Å². The van der Waals surface area contributed by atoms with Crippen LogP contribution in [0.25, 0.3) is 0 Å². The summed E-state index contributed by atoms with van der Waals surface area (Å²) in [6, 6.07) is 73.0. The normalized spacial score (nSPS) is 12.6. The number of benzene rings is 9. The Hall–Kier alpha value is -7.62. The van der Waals surface area contributed by atoms with Gasteiger partial charge in [0, 0.05) is 39.8 Å². The molecular formula is C64H59N3. The summed E-state index contributed by atoms with van der Waals surface area (Å²) < 4.78 is 0. The fourth-order valence-electron chi connectivity index (χ4n) is 10.1. The maximum absolute atomic E-state index is 2.45. The summed E-state index contributed by atoms with van der Waals surface area (Å²) in [5.74, 6) is 0. The quantitative estimate of drug-likeness (QED) is 0.143. The lowest BCUT2D eigenvalue weighted by atomic mass is 9.62. The molecule has 1 aliphatic heterocycles. The van der Waals surface area contributed by atoms with E-state index >= 15 is 0 Å². The fraction of sp³-hybridized carbons (Fsp3) is 0.156. The van der Waals surface area contributed by atoms with Gasteiger partial charge in [-0.1, -0.05) is 103 Å². The molecule has 0 atom stereocenters. The molecule has 0 N–H and O–H groups in total. The van der Waals surface area contributed by atoms with Crippen LogP contribution in [0.3, 0.4) is 0 Å². The van der Waals surface area contributed by atoms with Crippen molar-refractivity contribution in [2.45, 2.75) is 67.7 Å². The topological polar surface area (TPSA) is 9.72 Å². The summed E-state index contributed by atoms with van der Waals surface area (Å²) >= 11 is 0. The number of nitrogens with zero attached hydrogens (tertiary/aromatic N) is 3. The van der Waals surface area contributed by atoms with Crippen LogP contribution in [-0.4, -0.2) is 0 Å². The van der Waals surface area contributed by atoms with Crippen LogP contribution in [0.1, 0.15) is 72.3 Å². The first-order valence-corrected chi connectivity index (χ1v) is 23.6. The smallest absolute Gasteiger partial charge is 0.0742 e. The Balaban J connectivity index is 1.20. The van der Waals surface area contributed by atoms with Crippen molar-refractivity contribution in [2.75, 3.05) is 14.7 Å². The minimum absolute atomic E-state index is 0.678. The number of hydrogen-bond donors (Lipinski definition) is 0. The maximum atomic E-state index is 2.45. The van der Waals surface area contributed by atoms with Crippen molar-refractivity contribution in [3.05, 3.63) is 266 Å². The number of aryl methyl sites for hydroxylation is 9. The fourth-order valence-corrected chi connectivity index (χ4v) is 10.1. The molecule has 9 aromatic rings. The second kappa shape index (κ2) is 17.3. The molecule has 1 aliphatic rings. The van der Waals surface area contributed by atoms with Crippen molar-refractivity contribution in [2.24, 2.45) is 0 Å². The van der Waals surface area contributed by atoms with Gasteiger partial charge in [0.2, 0.25) is 0 Å². The van der Waals surface area contributed by atoms with E-state index in [1.54, 1.807) is 0 Å². The van der Waals surface area contributed by atoms with Crippen LogP contribution in [0.4, 0.5) is 51.2 Å². The van der Waals surface area contributed by atoms with Crippen LogP contribution in [0, 0.1) is 62.3 Å². The maximum Gasteiger partial charge on any atom is 0.0742 e. The van der Waals surface area contributed by atoms with Crippen molar-refractivity contribution >= 4 is 51.2 Å². The Morgan fingerprint density at radius 1 is 0.299 bits per heavy atom. The third-order valence-corrected chi connectivity index (χ3v) is 14.5. The van der Waals surface area contributed by atoms with Gasteiger partial charge in [0.05, 0.1) is 16.8 Å². The lowest BCUT2D eigenvalue weighted by Gasteiger charge is -2.46. The molecule has 0 aliphatic carbocycles. The van der Waals surface area contributed by atoms with E-state index in [-0.39, 0.29) is 0 Å². The van der Waals surface area contributed by atoms with Crippen molar-refractivity contribution in [1.29, 1.82) is 0 Å². The second-order valence-corrected chi connectivity index (χ2v) is 18.8. The van der Waals surface area contributed by atoms with Crippen LogP contribution >= 0.6 is 0 Å². The molecule has 1 heterocycles. The summed E-state index contributed by atoms with van der Waals surface area (Å²) in [5, 5.41) is 0. The molecular weight excluding hydrogens is 811 g/mol. The van der Waals surface area contributed by atoms with Gasteiger partial charge in [0.25, 0.3) is 0 Å². The third-order valence-electron chi connectivity index (χ3n) is 14.5. The molecule has 330 valence electrons. The van der Waals surface area contributed by atoms with E-state index in [0.717, 1.165) is 51.2 Å². The van der Waals surface area contributed by atoms with Crippen molar-refractivity contribution in [1.82, 2.24) is 0 Å². The standard InChI is InChI=1S/C64H59N3/c1-42-18-28-55(29-19-42)67-62-16-12-10-14-60(62)64(61-15-11-13-17-63(61)67,51-24-34-53(35-25-51)65(56-30-20-43(2)47(6)38-56)57-31-21-44(3)48(7)39-57)52-26-36-54(37-27-52)66(58-32-22-45(4)49(8)40-58)59-33-23-46(5)50(9)41-59/h10-41H,1-9H3. The zero-order valence-electron chi connectivity index (χ0n) is 40.3. The molecule has 0 saturated heterocycles. The Kier molecular flexibility index (Phi) is 11.2. The predicted octanol–water partition coefficient (Wildman–Crippen LogP) is 17.6. The second-order valence-electron chi connectivity index (χ2n) is 18.8. The molecule has 3 heteroatoms. The van der Waals surface area contributed by atoms with Gasteiger partial charge in [-0.25, -0.2) is 0 Å². The Labute approximate surface area is 398 Å². The van der Waals surface area contributed by atoms with E-state index in [9.17, 15) is 0 Å². The lowest BCUT2D eigenvalue weighted by Crippen LogP contribution is -2.37. The van der Waals surface area contributed by atoms with E-state index in [0.29, 0.717) is 0 Å². The van der Waals surface area contributed by atoms with Crippen LogP contribution in [0.15, 0.2) is 194 Å². The van der Waals surface area contributed by atoms with Crippen LogP contribution in [0.5, 0.6) is 0 Å². The third kappa shape index (κ3) is 7.59. The minimum atomic E-state index is -0.678. The molecule has 3 nitrogen and oxygen atoms in total. The van der Waals surface area contributed by atoms with E-state index in [2.05, 4.69) is 271 Å². The molecule has 67 heavy (non-hydrogen) atoms. The highest BCUT2D eigenvalue weighted by Gasteiger charge is 2.46. The Morgan fingerprint density at radius 2 is 0.612 bits per heavy atom. The number of rotatable bonds is 9. The van der Waals surface area contributed by atoms with Gasteiger partial charge >= 0.3 is 0 Å². The van der Waals surface area contributed by atoms with E-state index in [4.69, 9.17) is 0 Å². The number of fused-ring (bicyclic) bond motifs is 2. The van der Waals surface area contributed by atoms with Gasteiger partial charge in [-0.2, -0.15) is 0 Å². The van der Waals surface area contributed by atoms with Gasteiger partial charge in [-0.15, -0.1) is 0 Å². The number of para-hydroxylation sites is 2. The summed E-state index contributed by atoms with van der Waals surface area (Å²) in [6.45, 7) is 19.7. The molecule has 10 rings (SSSR count). The highest BCUT2D eigenvalue weighted by atomic mass is 15.2. The van der Waals surface area contributed by atoms with Crippen molar-refractivity contribution in [3.63, 3.8) is 0 Å². The minimum Gasteiger partial charge on any atom is -0.310 e. The van der Waals surface area contributed by atoms with E-state index in [1.165, 1.54) is 72.3 Å². The molecule has 0 saturated carbocycles. The highest BCUT2D eigenvalue weighted by Crippen LogP contribution is 2.58. The van der Waals surface area contributed by atoms with Gasteiger partial charge in [-0.3, -0.25) is 0 Å². The average molecular weight is 870 g/mol. The molecule has 0 aromatic heterocycles. The van der Waals surface area contributed by atoms with Gasteiger partial charge in [-0.05, 0) is 226 Å². The average Bonchev–Trinajstić information content (AvgIpc) is 3.34. The number of hydrogen-bond acceptors (Lipinski definition) is 3. The lowest BCUT2D eigenvalue weighted by molar-refractivity contribution is 0.731. The first-order chi connectivity index (χ1) is 32.4. The zero-order valence-corrected chi connectivity index (χ0v) is 40.3. The summed E-state index contributed by atoms with van der Waals surface area (Å²) in [7, 11) is 0. The first-order valence-electron chi connectivity index (χ1n) is 23.6. The Bertz CT molecular complexity index is 2980. The van der Waals surface area contributed by atoms with Crippen LogP contribution in [-0.2, 0) is 5.41 Å². The van der Waals surface area contributed by atoms with Gasteiger partial charge in [0.15, 0.2) is 0 Å². The largest absolute Gasteiger partial charge is 0.310 e. The molecule has 0 bridgehead atoms. The molecule has 0 fully saturated rings. The predicted molar refractivity (Wildman–Crippen MR) is 285 cm³/mol. The molecule has 0 spiro atoms. The molecule has 0 unspecified atom stereocenters. The molecule has 0 amide bonds. The first kappa shape index (κ1) is 43.3. The summed E-state index contributed by atoms with van der Waals surface area (Å²) in [6.07, 6.45) is 0. The zero-order chi connectivity index (χ0) is 46.6. The van der Waals surface area contributed by atoms with Crippen molar-refractivity contribution in [3.8, 4) is 0 Å². The van der Waals surface area contributed by atoms with Gasteiger partial charge in [0.1, 0.15) is 0 Å². The number of anilines is 9.